The molecule has 0 saturated carbocycles. The first-order valence-electron chi connectivity index (χ1n) is 5.43. The van der Waals surface area contributed by atoms with Gasteiger partial charge in [-0.2, -0.15) is 11.8 Å². The monoisotopic (exact) mass is 365 g/mol. The summed E-state index contributed by atoms with van der Waals surface area (Å²) in [6.07, 6.45) is 2.26. The molecule has 0 aromatic heterocycles. The van der Waals surface area contributed by atoms with E-state index in [9.17, 15) is 9.59 Å². The fourth-order valence-corrected chi connectivity index (χ4v) is 2.47. The summed E-state index contributed by atoms with van der Waals surface area (Å²) in [4.78, 5) is 23.1. The highest BCUT2D eigenvalue weighted by atomic mass is 79.9. The van der Waals surface area contributed by atoms with Gasteiger partial charge in [0.05, 0.1) is 5.56 Å². The number of hydrogen-bond donors (Lipinski definition) is 2. The molecule has 0 spiro atoms. The molecule has 1 aromatic carbocycles. The van der Waals surface area contributed by atoms with Crippen molar-refractivity contribution in [2.45, 2.75) is 12.5 Å². The highest BCUT2D eigenvalue weighted by molar-refractivity contribution is 9.10. The molecular formula is C12H13BrClNO3S. The molecule has 0 aliphatic heterocycles. The van der Waals surface area contributed by atoms with Crippen LogP contribution >= 0.6 is 39.3 Å². The molecule has 1 amide bonds. The van der Waals surface area contributed by atoms with Gasteiger partial charge >= 0.3 is 5.97 Å². The normalized spacial score (nSPS) is 11.9. The van der Waals surface area contributed by atoms with Gasteiger partial charge < -0.3 is 10.4 Å². The number of amides is 1. The van der Waals surface area contributed by atoms with Crippen molar-refractivity contribution in [2.75, 3.05) is 12.0 Å². The summed E-state index contributed by atoms with van der Waals surface area (Å²) in [5.41, 5.74) is 0.322. The molecule has 0 unspecified atom stereocenters. The highest BCUT2D eigenvalue weighted by Crippen LogP contribution is 2.21. The number of carboxylic acid groups (broad SMARTS) is 1. The van der Waals surface area contributed by atoms with Gasteiger partial charge in [0, 0.05) is 9.50 Å². The third-order valence-corrected chi connectivity index (χ3v) is 3.96. The number of carboxylic acids is 1. The Morgan fingerprint density at radius 2 is 2.21 bits per heavy atom. The maximum Gasteiger partial charge on any atom is 0.326 e. The lowest BCUT2D eigenvalue weighted by Crippen LogP contribution is -2.41. The zero-order valence-corrected chi connectivity index (χ0v) is 13.3. The molecule has 1 aromatic rings. The Balaban J connectivity index is 2.81. The van der Waals surface area contributed by atoms with E-state index in [0.29, 0.717) is 27.2 Å². The first kappa shape index (κ1) is 16.3. The average molecular weight is 367 g/mol. The number of carbonyl (C=O) groups excluding carboxylic acids is 1. The molecule has 7 heteroatoms. The third kappa shape index (κ3) is 5.04. The van der Waals surface area contributed by atoms with Gasteiger partial charge in [-0.15, -0.1) is 0 Å². The molecule has 19 heavy (non-hydrogen) atoms. The van der Waals surface area contributed by atoms with Gasteiger partial charge in [0.15, 0.2) is 0 Å². The smallest absolute Gasteiger partial charge is 0.326 e. The quantitative estimate of drug-likeness (QED) is 0.812. The molecule has 0 fully saturated rings. The number of thioether (sulfide) groups is 1. The first-order chi connectivity index (χ1) is 8.95. The van der Waals surface area contributed by atoms with Crippen LogP contribution in [0.2, 0.25) is 5.02 Å². The van der Waals surface area contributed by atoms with E-state index in [2.05, 4.69) is 21.2 Å². The maximum atomic E-state index is 12.0. The predicted molar refractivity (Wildman–Crippen MR) is 81.0 cm³/mol. The summed E-state index contributed by atoms with van der Waals surface area (Å²) >= 11 is 10.6. The van der Waals surface area contributed by atoms with Crippen molar-refractivity contribution in [1.82, 2.24) is 5.32 Å². The van der Waals surface area contributed by atoms with Crippen LogP contribution < -0.4 is 5.32 Å². The van der Waals surface area contributed by atoms with Crippen molar-refractivity contribution in [3.63, 3.8) is 0 Å². The molecule has 0 saturated heterocycles. The Morgan fingerprint density at radius 3 is 2.79 bits per heavy atom. The summed E-state index contributed by atoms with van der Waals surface area (Å²) in [7, 11) is 0. The molecule has 1 rings (SSSR count). The lowest BCUT2D eigenvalue weighted by Gasteiger charge is -2.14. The fourth-order valence-electron chi connectivity index (χ4n) is 1.40. The van der Waals surface area contributed by atoms with Crippen LogP contribution in [0, 0.1) is 0 Å². The Kier molecular flexibility index (Phi) is 6.68. The largest absolute Gasteiger partial charge is 0.480 e. The van der Waals surface area contributed by atoms with E-state index in [-0.39, 0.29) is 0 Å². The number of hydrogen-bond acceptors (Lipinski definition) is 3. The summed E-state index contributed by atoms with van der Waals surface area (Å²) < 4.78 is 0.573. The second-order valence-corrected chi connectivity index (χ2v) is 6.05. The zero-order valence-electron chi connectivity index (χ0n) is 10.2. The molecule has 0 aliphatic carbocycles. The Labute approximate surface area is 129 Å². The van der Waals surface area contributed by atoms with E-state index >= 15 is 0 Å². The van der Waals surface area contributed by atoms with Crippen LogP contribution in [-0.2, 0) is 4.79 Å². The summed E-state index contributed by atoms with van der Waals surface area (Å²) in [5, 5.41) is 12.0. The van der Waals surface area contributed by atoms with Crippen molar-refractivity contribution in [3.05, 3.63) is 33.3 Å². The molecule has 2 N–H and O–H groups in total. The number of benzene rings is 1. The van der Waals surface area contributed by atoms with Gasteiger partial charge in [-0.3, -0.25) is 4.79 Å². The number of nitrogens with one attached hydrogen (secondary N) is 1. The van der Waals surface area contributed by atoms with Crippen LogP contribution in [0.5, 0.6) is 0 Å². The van der Waals surface area contributed by atoms with Gasteiger partial charge in [-0.1, -0.05) is 11.6 Å². The van der Waals surface area contributed by atoms with E-state index in [1.165, 1.54) is 17.8 Å². The van der Waals surface area contributed by atoms with E-state index in [1.807, 2.05) is 6.26 Å². The second-order valence-electron chi connectivity index (χ2n) is 3.77. The van der Waals surface area contributed by atoms with Crippen molar-refractivity contribution >= 4 is 51.2 Å². The maximum absolute atomic E-state index is 12.0. The van der Waals surface area contributed by atoms with Crippen molar-refractivity contribution < 1.29 is 14.7 Å². The van der Waals surface area contributed by atoms with Crippen LogP contribution in [0.25, 0.3) is 0 Å². The predicted octanol–water partition coefficient (Wildman–Crippen LogP) is 3.04. The van der Waals surface area contributed by atoms with Crippen LogP contribution in [0.4, 0.5) is 0 Å². The Morgan fingerprint density at radius 1 is 1.53 bits per heavy atom. The van der Waals surface area contributed by atoms with Gasteiger partial charge in [0.25, 0.3) is 5.91 Å². The van der Waals surface area contributed by atoms with Crippen LogP contribution in [0.15, 0.2) is 22.7 Å². The van der Waals surface area contributed by atoms with Crippen molar-refractivity contribution in [2.24, 2.45) is 0 Å². The van der Waals surface area contributed by atoms with Crippen molar-refractivity contribution in [1.29, 1.82) is 0 Å². The molecule has 0 aliphatic rings. The number of carbonyl (C=O) groups is 2. The first-order valence-corrected chi connectivity index (χ1v) is 8.00. The molecule has 1 atom stereocenters. The van der Waals surface area contributed by atoms with E-state index in [4.69, 9.17) is 16.7 Å². The third-order valence-electron chi connectivity index (χ3n) is 2.39. The Bertz CT molecular complexity index is 484. The van der Waals surface area contributed by atoms with Gasteiger partial charge in [0.1, 0.15) is 6.04 Å². The minimum atomic E-state index is -1.04. The molecule has 4 nitrogen and oxygen atoms in total. The number of aliphatic carboxylic acids is 1. The molecule has 0 bridgehead atoms. The van der Waals surface area contributed by atoms with Crippen LogP contribution in [0.3, 0.4) is 0 Å². The summed E-state index contributed by atoms with van der Waals surface area (Å²) in [6.45, 7) is 0. The second kappa shape index (κ2) is 7.77. The molecule has 0 heterocycles. The van der Waals surface area contributed by atoms with Gasteiger partial charge in [0.2, 0.25) is 0 Å². The number of halogens is 2. The topological polar surface area (TPSA) is 66.4 Å². The lowest BCUT2D eigenvalue weighted by molar-refractivity contribution is -0.139. The SMILES string of the molecule is CSCC[C@H](NC(=O)c1cc(Cl)ccc1Br)C(=O)O. The standard InChI is InChI=1S/C12H13BrClNO3S/c1-19-5-4-10(12(17)18)15-11(16)8-6-7(14)2-3-9(8)13/h2-3,6,10H,4-5H2,1H3,(H,15,16)(H,17,18)/t10-/m0/s1. The van der Waals surface area contributed by atoms with E-state index in [0.717, 1.165) is 0 Å². The fraction of sp³-hybridized carbons (Fsp3) is 0.333. The summed E-state index contributed by atoms with van der Waals surface area (Å²) in [5.74, 6) is -0.836. The minimum absolute atomic E-state index is 0.322. The van der Waals surface area contributed by atoms with E-state index < -0.39 is 17.9 Å². The molecule has 104 valence electrons. The Hall–Kier alpha value is -0.720. The summed E-state index contributed by atoms with van der Waals surface area (Å²) in [6, 6.07) is 3.89. The van der Waals surface area contributed by atoms with Gasteiger partial charge in [-0.05, 0) is 52.6 Å². The van der Waals surface area contributed by atoms with Gasteiger partial charge in [-0.25, -0.2) is 4.79 Å². The van der Waals surface area contributed by atoms with Crippen LogP contribution in [-0.4, -0.2) is 35.0 Å². The van der Waals surface area contributed by atoms with Crippen LogP contribution in [0.1, 0.15) is 16.8 Å². The minimum Gasteiger partial charge on any atom is -0.480 e. The average Bonchev–Trinajstić information content (AvgIpc) is 2.36. The molecule has 0 radical (unpaired) electrons. The highest BCUT2D eigenvalue weighted by Gasteiger charge is 2.21. The van der Waals surface area contributed by atoms with Crippen molar-refractivity contribution in [3.8, 4) is 0 Å². The number of rotatable bonds is 6. The molecular weight excluding hydrogens is 354 g/mol. The van der Waals surface area contributed by atoms with E-state index in [1.54, 1.807) is 12.1 Å². The zero-order chi connectivity index (χ0) is 14.4. The lowest BCUT2D eigenvalue weighted by atomic mass is 10.1.